The Labute approximate surface area is 163 Å². The predicted molar refractivity (Wildman–Crippen MR) is 108 cm³/mol. The van der Waals surface area contributed by atoms with Crippen LogP contribution in [0.4, 0.5) is 5.69 Å². The van der Waals surface area contributed by atoms with Crippen LogP contribution in [0.3, 0.4) is 0 Å². The van der Waals surface area contributed by atoms with Gasteiger partial charge in [-0.1, -0.05) is 42.5 Å². The summed E-state index contributed by atoms with van der Waals surface area (Å²) in [5.41, 5.74) is 1.39. The molecule has 3 rings (SSSR count). The summed E-state index contributed by atoms with van der Waals surface area (Å²) >= 11 is 0. The molecule has 0 saturated heterocycles. The number of aliphatic hydroxyl groups is 1. The molecule has 3 aromatic carbocycles. The van der Waals surface area contributed by atoms with E-state index < -0.39 is 18.6 Å². The highest BCUT2D eigenvalue weighted by Gasteiger charge is 2.20. The summed E-state index contributed by atoms with van der Waals surface area (Å²) in [6.07, 6.45) is 0.122. The van der Waals surface area contributed by atoms with Gasteiger partial charge in [0.2, 0.25) is 11.8 Å². The Balaban J connectivity index is 1.60. The fourth-order valence-electron chi connectivity index (χ4n) is 2.88. The van der Waals surface area contributed by atoms with Crippen molar-refractivity contribution in [1.82, 2.24) is 5.32 Å². The van der Waals surface area contributed by atoms with Crippen molar-refractivity contribution in [2.75, 3.05) is 19.0 Å². The zero-order valence-electron chi connectivity index (χ0n) is 15.5. The molecule has 0 aliphatic carbocycles. The molecule has 3 aromatic rings. The van der Waals surface area contributed by atoms with Gasteiger partial charge in [-0.2, -0.15) is 0 Å². The van der Waals surface area contributed by atoms with Gasteiger partial charge in [-0.3, -0.25) is 9.59 Å². The van der Waals surface area contributed by atoms with E-state index in [0.717, 1.165) is 16.3 Å². The molecule has 0 bridgehead atoms. The van der Waals surface area contributed by atoms with Crippen molar-refractivity contribution in [3.8, 4) is 5.75 Å². The number of anilines is 1. The minimum atomic E-state index is -1.03. The van der Waals surface area contributed by atoms with Crippen molar-refractivity contribution in [1.29, 1.82) is 0 Å². The van der Waals surface area contributed by atoms with Crippen LogP contribution in [0, 0.1) is 0 Å². The second-order valence-electron chi connectivity index (χ2n) is 6.38. The smallest absolute Gasteiger partial charge is 0.249 e. The number of rotatable bonds is 7. The fourth-order valence-corrected chi connectivity index (χ4v) is 2.88. The molecule has 3 N–H and O–H groups in total. The fraction of sp³-hybridized carbons (Fsp3) is 0.182. The molecule has 28 heavy (non-hydrogen) atoms. The van der Waals surface area contributed by atoms with E-state index in [1.807, 2.05) is 42.5 Å². The van der Waals surface area contributed by atoms with Crippen molar-refractivity contribution in [2.45, 2.75) is 12.5 Å². The molecule has 6 heteroatoms. The lowest BCUT2D eigenvalue weighted by molar-refractivity contribution is -0.126. The lowest BCUT2D eigenvalue weighted by Crippen LogP contribution is -2.46. The van der Waals surface area contributed by atoms with Gasteiger partial charge in [0.15, 0.2) is 0 Å². The van der Waals surface area contributed by atoms with Gasteiger partial charge < -0.3 is 20.5 Å². The van der Waals surface area contributed by atoms with Crippen LogP contribution in [-0.2, 0) is 16.0 Å². The first-order chi connectivity index (χ1) is 13.6. The molecule has 0 heterocycles. The molecule has 0 aliphatic rings. The Kier molecular flexibility index (Phi) is 6.24. The van der Waals surface area contributed by atoms with Crippen LogP contribution in [0.5, 0.6) is 5.75 Å². The number of methoxy groups -OCH3 is 1. The maximum Gasteiger partial charge on any atom is 0.249 e. The second kappa shape index (κ2) is 9.01. The molecule has 0 saturated carbocycles. The van der Waals surface area contributed by atoms with E-state index in [9.17, 15) is 14.7 Å². The normalized spacial score (nSPS) is 11.6. The molecule has 1 atom stereocenters. The maximum absolute atomic E-state index is 12.3. The molecule has 0 aromatic heterocycles. The number of carbonyl (C=O) groups excluding carboxylic acids is 2. The highest BCUT2D eigenvalue weighted by molar-refractivity contribution is 5.97. The van der Waals surface area contributed by atoms with Crippen molar-refractivity contribution < 1.29 is 19.4 Å². The maximum atomic E-state index is 12.3. The van der Waals surface area contributed by atoms with Crippen LogP contribution in [0.2, 0.25) is 0 Å². The third-order valence-corrected chi connectivity index (χ3v) is 4.37. The third-order valence-electron chi connectivity index (χ3n) is 4.37. The van der Waals surface area contributed by atoms with Crippen molar-refractivity contribution in [3.05, 3.63) is 72.3 Å². The van der Waals surface area contributed by atoms with E-state index in [4.69, 9.17) is 4.74 Å². The number of ether oxygens (including phenoxy) is 1. The van der Waals surface area contributed by atoms with Gasteiger partial charge in [-0.15, -0.1) is 0 Å². The van der Waals surface area contributed by atoms with Gasteiger partial charge >= 0.3 is 0 Å². The minimum absolute atomic E-state index is 0.122. The largest absolute Gasteiger partial charge is 0.497 e. The first kappa shape index (κ1) is 19.4. The quantitative estimate of drug-likeness (QED) is 0.590. The van der Waals surface area contributed by atoms with E-state index in [1.54, 1.807) is 31.4 Å². The number of amides is 2. The van der Waals surface area contributed by atoms with Crippen LogP contribution in [-0.4, -0.2) is 36.7 Å². The van der Waals surface area contributed by atoms with E-state index >= 15 is 0 Å². The zero-order chi connectivity index (χ0) is 19.9. The van der Waals surface area contributed by atoms with Crippen molar-refractivity contribution in [2.24, 2.45) is 0 Å². The standard InChI is InChI=1S/C22H22N2O4/c1-28-19-10-8-18(9-11-19)23-22(27)20(14-25)24-21(26)13-15-6-7-16-4-2-3-5-17(16)12-15/h2-12,20,25H,13-14H2,1H3,(H,23,27)(H,24,26). The molecule has 0 aliphatic heterocycles. The molecule has 6 nitrogen and oxygen atoms in total. The number of aliphatic hydroxyl groups excluding tert-OH is 1. The van der Waals surface area contributed by atoms with E-state index in [0.29, 0.717) is 11.4 Å². The average Bonchev–Trinajstić information content (AvgIpc) is 2.72. The zero-order valence-corrected chi connectivity index (χ0v) is 15.5. The first-order valence-electron chi connectivity index (χ1n) is 8.92. The summed E-state index contributed by atoms with van der Waals surface area (Å²) in [6.45, 7) is -0.495. The van der Waals surface area contributed by atoms with Gasteiger partial charge in [0.05, 0.1) is 20.1 Å². The Hall–Kier alpha value is -3.38. The van der Waals surface area contributed by atoms with Crippen LogP contribution >= 0.6 is 0 Å². The summed E-state index contributed by atoms with van der Waals surface area (Å²) in [4.78, 5) is 24.7. The summed E-state index contributed by atoms with van der Waals surface area (Å²) < 4.78 is 5.07. The number of hydrogen-bond donors (Lipinski definition) is 3. The Morgan fingerprint density at radius 3 is 2.39 bits per heavy atom. The topological polar surface area (TPSA) is 87.7 Å². The highest BCUT2D eigenvalue weighted by Crippen LogP contribution is 2.17. The molecule has 0 radical (unpaired) electrons. The van der Waals surface area contributed by atoms with Crippen molar-refractivity contribution >= 4 is 28.3 Å². The summed E-state index contributed by atoms with van der Waals surface area (Å²) in [6, 6.07) is 19.4. The monoisotopic (exact) mass is 378 g/mol. The summed E-state index contributed by atoms with van der Waals surface area (Å²) in [5.74, 6) is -0.154. The van der Waals surface area contributed by atoms with E-state index in [-0.39, 0.29) is 12.3 Å². The number of benzene rings is 3. The van der Waals surface area contributed by atoms with Gasteiger partial charge in [0, 0.05) is 5.69 Å². The predicted octanol–water partition coefficient (Wildman–Crippen LogP) is 2.51. The van der Waals surface area contributed by atoms with Gasteiger partial charge in [-0.05, 0) is 40.6 Å². The number of fused-ring (bicyclic) bond motifs is 1. The SMILES string of the molecule is COc1ccc(NC(=O)C(CO)NC(=O)Cc2ccc3ccccc3c2)cc1. The van der Waals surface area contributed by atoms with Crippen LogP contribution in [0.15, 0.2) is 66.7 Å². The van der Waals surface area contributed by atoms with E-state index in [2.05, 4.69) is 10.6 Å². The Morgan fingerprint density at radius 2 is 1.71 bits per heavy atom. The molecule has 0 fully saturated rings. The van der Waals surface area contributed by atoms with Gasteiger partial charge in [0.1, 0.15) is 11.8 Å². The number of nitrogens with one attached hydrogen (secondary N) is 2. The lowest BCUT2D eigenvalue weighted by Gasteiger charge is -2.16. The molecule has 144 valence electrons. The Bertz CT molecular complexity index is 970. The molecule has 2 amide bonds. The number of carbonyl (C=O) groups is 2. The number of hydrogen-bond acceptors (Lipinski definition) is 4. The van der Waals surface area contributed by atoms with E-state index in [1.165, 1.54) is 0 Å². The third kappa shape index (κ3) is 4.86. The average molecular weight is 378 g/mol. The summed E-state index contributed by atoms with van der Waals surface area (Å²) in [7, 11) is 1.56. The Morgan fingerprint density at radius 1 is 1.00 bits per heavy atom. The molecular weight excluding hydrogens is 356 g/mol. The summed E-state index contributed by atoms with van der Waals surface area (Å²) in [5, 5.41) is 16.9. The van der Waals surface area contributed by atoms with Gasteiger partial charge in [0.25, 0.3) is 0 Å². The minimum Gasteiger partial charge on any atom is -0.497 e. The lowest BCUT2D eigenvalue weighted by atomic mass is 10.0. The van der Waals surface area contributed by atoms with Crippen LogP contribution in [0.25, 0.3) is 10.8 Å². The van der Waals surface area contributed by atoms with Crippen molar-refractivity contribution in [3.63, 3.8) is 0 Å². The molecule has 1 unspecified atom stereocenters. The van der Waals surface area contributed by atoms with Crippen LogP contribution in [0.1, 0.15) is 5.56 Å². The van der Waals surface area contributed by atoms with Gasteiger partial charge in [-0.25, -0.2) is 0 Å². The molecule has 0 spiro atoms. The first-order valence-corrected chi connectivity index (χ1v) is 8.92. The highest BCUT2D eigenvalue weighted by atomic mass is 16.5. The van der Waals surface area contributed by atoms with Crippen LogP contribution < -0.4 is 15.4 Å². The second-order valence-corrected chi connectivity index (χ2v) is 6.38. The molecular formula is C22H22N2O4.